The standard InChI is InChI=1S/C16H20F3N3O2/c17-16(18,19)13-3-2-12(10-20-13)14(23)21-11-15(4-1-5-15)22-6-8-24-9-7-22/h2-3,10H,1,4-9,11H2,(H,21,23). The van der Waals surface area contributed by atoms with Crippen LogP contribution in [0.3, 0.4) is 0 Å². The monoisotopic (exact) mass is 343 g/mol. The van der Waals surface area contributed by atoms with Gasteiger partial charge in [0.2, 0.25) is 0 Å². The van der Waals surface area contributed by atoms with Gasteiger partial charge in [-0.2, -0.15) is 13.2 Å². The number of nitrogens with one attached hydrogen (secondary N) is 1. The summed E-state index contributed by atoms with van der Waals surface area (Å²) in [4.78, 5) is 17.9. The number of carbonyl (C=O) groups excluding carboxylic acids is 1. The third-order valence-corrected chi connectivity index (χ3v) is 4.86. The van der Waals surface area contributed by atoms with E-state index in [1.165, 1.54) is 0 Å². The molecule has 1 aromatic heterocycles. The van der Waals surface area contributed by atoms with E-state index in [-0.39, 0.29) is 11.1 Å². The first-order valence-electron chi connectivity index (χ1n) is 8.05. The second kappa shape index (κ2) is 6.68. The minimum atomic E-state index is -4.50. The highest BCUT2D eigenvalue weighted by Gasteiger charge is 2.43. The molecule has 0 unspecified atom stereocenters. The number of amides is 1. The van der Waals surface area contributed by atoms with Gasteiger partial charge in [-0.05, 0) is 31.4 Å². The minimum absolute atomic E-state index is 0.0429. The molecular formula is C16H20F3N3O2. The van der Waals surface area contributed by atoms with Crippen molar-refractivity contribution in [2.75, 3.05) is 32.8 Å². The van der Waals surface area contributed by atoms with E-state index in [0.717, 1.165) is 50.7 Å². The molecule has 132 valence electrons. The lowest BCUT2D eigenvalue weighted by Gasteiger charge is -2.51. The zero-order valence-corrected chi connectivity index (χ0v) is 13.2. The quantitative estimate of drug-likeness (QED) is 0.910. The number of pyridine rings is 1. The van der Waals surface area contributed by atoms with Crippen molar-refractivity contribution < 1.29 is 22.7 Å². The van der Waals surface area contributed by atoms with Gasteiger partial charge < -0.3 is 10.1 Å². The Morgan fingerprint density at radius 3 is 2.50 bits per heavy atom. The summed E-state index contributed by atoms with van der Waals surface area (Å²) in [7, 11) is 0. The van der Waals surface area contributed by atoms with Gasteiger partial charge in [-0.15, -0.1) is 0 Å². The van der Waals surface area contributed by atoms with Gasteiger partial charge in [0.15, 0.2) is 0 Å². The fraction of sp³-hybridized carbons (Fsp3) is 0.625. The van der Waals surface area contributed by atoms with E-state index >= 15 is 0 Å². The molecule has 0 radical (unpaired) electrons. The molecule has 2 heterocycles. The maximum Gasteiger partial charge on any atom is 0.433 e. The van der Waals surface area contributed by atoms with Crippen molar-refractivity contribution in [2.45, 2.75) is 31.0 Å². The van der Waals surface area contributed by atoms with Crippen LogP contribution in [0.15, 0.2) is 18.3 Å². The average Bonchev–Trinajstić information content (AvgIpc) is 2.54. The van der Waals surface area contributed by atoms with E-state index in [0.29, 0.717) is 19.8 Å². The van der Waals surface area contributed by atoms with E-state index in [2.05, 4.69) is 15.2 Å². The Balaban J connectivity index is 1.60. The fourth-order valence-electron chi connectivity index (χ4n) is 3.27. The van der Waals surface area contributed by atoms with E-state index < -0.39 is 17.8 Å². The van der Waals surface area contributed by atoms with E-state index in [9.17, 15) is 18.0 Å². The molecule has 5 nitrogen and oxygen atoms in total. The molecule has 1 aromatic rings. The van der Waals surface area contributed by atoms with Gasteiger partial charge in [0, 0.05) is 31.4 Å². The Hall–Kier alpha value is -1.67. The van der Waals surface area contributed by atoms with Crippen LogP contribution in [-0.4, -0.2) is 54.2 Å². The van der Waals surface area contributed by atoms with Crippen LogP contribution < -0.4 is 5.32 Å². The molecule has 2 fully saturated rings. The number of aromatic nitrogens is 1. The number of carbonyl (C=O) groups is 1. The van der Waals surface area contributed by atoms with Crippen molar-refractivity contribution >= 4 is 5.91 Å². The van der Waals surface area contributed by atoms with E-state index in [1.807, 2.05) is 0 Å². The van der Waals surface area contributed by atoms with Gasteiger partial charge in [0.05, 0.1) is 18.8 Å². The summed E-state index contributed by atoms with van der Waals surface area (Å²) in [5.74, 6) is -0.393. The van der Waals surface area contributed by atoms with Crippen molar-refractivity contribution in [1.82, 2.24) is 15.2 Å². The van der Waals surface area contributed by atoms with Crippen molar-refractivity contribution in [1.29, 1.82) is 0 Å². The molecule has 1 aliphatic heterocycles. The summed E-state index contributed by atoms with van der Waals surface area (Å²) in [5, 5.41) is 2.85. The molecule has 1 saturated heterocycles. The highest BCUT2D eigenvalue weighted by atomic mass is 19.4. The Morgan fingerprint density at radius 1 is 1.29 bits per heavy atom. The molecule has 3 rings (SSSR count). The predicted octanol–water partition coefficient (Wildman–Crippen LogP) is 2.09. The Morgan fingerprint density at radius 2 is 2.00 bits per heavy atom. The van der Waals surface area contributed by atoms with Gasteiger partial charge in [0.25, 0.3) is 5.91 Å². The van der Waals surface area contributed by atoms with Gasteiger partial charge in [-0.1, -0.05) is 0 Å². The lowest BCUT2D eigenvalue weighted by molar-refractivity contribution is -0.141. The second-order valence-electron chi connectivity index (χ2n) is 6.29. The first-order valence-corrected chi connectivity index (χ1v) is 8.05. The van der Waals surface area contributed by atoms with Crippen LogP contribution in [0.4, 0.5) is 13.2 Å². The van der Waals surface area contributed by atoms with Gasteiger partial charge >= 0.3 is 6.18 Å². The molecule has 1 N–H and O–H groups in total. The largest absolute Gasteiger partial charge is 0.433 e. The third kappa shape index (κ3) is 3.54. The maximum atomic E-state index is 12.5. The summed E-state index contributed by atoms with van der Waals surface area (Å²) in [6.45, 7) is 3.57. The molecule has 0 spiro atoms. The Bertz CT molecular complexity index is 579. The number of hydrogen-bond acceptors (Lipinski definition) is 4. The summed E-state index contributed by atoms with van der Waals surface area (Å²) in [6.07, 6.45) is -0.381. The molecule has 0 atom stereocenters. The van der Waals surface area contributed by atoms with Crippen LogP contribution in [0.25, 0.3) is 0 Å². The van der Waals surface area contributed by atoms with Crippen molar-refractivity contribution in [3.8, 4) is 0 Å². The summed E-state index contributed by atoms with van der Waals surface area (Å²) >= 11 is 0. The number of ether oxygens (including phenoxy) is 1. The summed E-state index contributed by atoms with van der Waals surface area (Å²) < 4.78 is 42.9. The van der Waals surface area contributed by atoms with Crippen LogP contribution in [-0.2, 0) is 10.9 Å². The Kier molecular flexibility index (Phi) is 4.78. The van der Waals surface area contributed by atoms with Gasteiger partial charge in [-0.3, -0.25) is 14.7 Å². The first-order chi connectivity index (χ1) is 11.4. The maximum absolute atomic E-state index is 12.5. The fourth-order valence-corrected chi connectivity index (χ4v) is 3.27. The number of alkyl halides is 3. The zero-order chi connectivity index (χ0) is 17.2. The molecule has 24 heavy (non-hydrogen) atoms. The molecular weight excluding hydrogens is 323 g/mol. The predicted molar refractivity (Wildman–Crippen MR) is 80.5 cm³/mol. The van der Waals surface area contributed by atoms with Crippen molar-refractivity contribution in [3.05, 3.63) is 29.6 Å². The highest BCUT2D eigenvalue weighted by Crippen LogP contribution is 2.37. The first kappa shape index (κ1) is 17.2. The highest BCUT2D eigenvalue weighted by molar-refractivity contribution is 5.93. The summed E-state index contributed by atoms with van der Waals surface area (Å²) in [5.41, 5.74) is -0.902. The number of rotatable bonds is 4. The number of hydrogen-bond donors (Lipinski definition) is 1. The van der Waals surface area contributed by atoms with Crippen LogP contribution in [0.5, 0.6) is 0 Å². The summed E-state index contributed by atoms with van der Waals surface area (Å²) in [6, 6.07) is 1.99. The number of morpholine rings is 1. The molecule has 1 aliphatic carbocycles. The molecule has 0 aromatic carbocycles. The number of halogens is 3. The molecule has 8 heteroatoms. The molecule has 1 amide bonds. The van der Waals surface area contributed by atoms with Crippen LogP contribution >= 0.6 is 0 Å². The topological polar surface area (TPSA) is 54.5 Å². The lowest BCUT2D eigenvalue weighted by atomic mass is 9.75. The Labute approximate surface area is 138 Å². The number of nitrogens with zero attached hydrogens (tertiary/aromatic N) is 2. The van der Waals surface area contributed by atoms with Gasteiger partial charge in [0.1, 0.15) is 5.69 Å². The molecule has 2 aliphatic rings. The van der Waals surface area contributed by atoms with Crippen LogP contribution in [0, 0.1) is 0 Å². The lowest BCUT2D eigenvalue weighted by Crippen LogP contribution is -2.62. The van der Waals surface area contributed by atoms with Gasteiger partial charge in [-0.25, -0.2) is 0 Å². The minimum Gasteiger partial charge on any atom is -0.379 e. The second-order valence-corrected chi connectivity index (χ2v) is 6.29. The third-order valence-electron chi connectivity index (χ3n) is 4.86. The van der Waals surface area contributed by atoms with Crippen LogP contribution in [0.1, 0.15) is 35.3 Å². The van der Waals surface area contributed by atoms with E-state index in [1.54, 1.807) is 0 Å². The SMILES string of the molecule is O=C(NCC1(N2CCOCC2)CCC1)c1ccc(C(F)(F)F)nc1. The average molecular weight is 343 g/mol. The van der Waals surface area contributed by atoms with Crippen LogP contribution in [0.2, 0.25) is 0 Å². The smallest absolute Gasteiger partial charge is 0.379 e. The normalized spacial score (nSPS) is 21.1. The van der Waals surface area contributed by atoms with Crippen molar-refractivity contribution in [2.24, 2.45) is 0 Å². The van der Waals surface area contributed by atoms with Crippen molar-refractivity contribution in [3.63, 3.8) is 0 Å². The molecule has 1 saturated carbocycles. The molecule has 0 bridgehead atoms. The van der Waals surface area contributed by atoms with E-state index in [4.69, 9.17) is 4.74 Å². The zero-order valence-electron chi connectivity index (χ0n) is 13.2.